The normalized spacial score (nSPS) is 10.1. The van der Waals surface area contributed by atoms with Crippen molar-refractivity contribution in [3.05, 3.63) is 59.7 Å². The number of nitrogens with zero attached hydrogens (tertiary/aromatic N) is 2. The summed E-state index contributed by atoms with van der Waals surface area (Å²) in [6, 6.07) is 15.0. The van der Waals surface area contributed by atoms with Gasteiger partial charge in [0.1, 0.15) is 17.6 Å². The predicted octanol–water partition coefficient (Wildman–Crippen LogP) is 1.79. The maximum Gasteiger partial charge on any atom is 0.277 e. The second-order valence-corrected chi connectivity index (χ2v) is 4.28. The molecule has 0 fully saturated rings. The molecule has 0 heterocycles. The Morgan fingerprint density at radius 3 is 2.73 bits per heavy atom. The van der Waals surface area contributed by atoms with E-state index in [2.05, 4.69) is 10.5 Å². The van der Waals surface area contributed by atoms with Gasteiger partial charge in [-0.25, -0.2) is 5.43 Å². The maximum atomic E-state index is 11.6. The highest BCUT2D eigenvalue weighted by Gasteiger charge is 2.05. The van der Waals surface area contributed by atoms with Crippen molar-refractivity contribution in [2.45, 2.75) is 0 Å². The number of carbonyl (C=O) groups excluding carboxylic acids is 1. The van der Waals surface area contributed by atoms with Gasteiger partial charge in [0.05, 0.1) is 11.8 Å². The monoisotopic (exact) mass is 295 g/mol. The quantitative estimate of drug-likeness (QED) is 0.649. The van der Waals surface area contributed by atoms with E-state index in [0.717, 1.165) is 5.56 Å². The summed E-state index contributed by atoms with van der Waals surface area (Å²) in [5.74, 6) is 0.0659. The van der Waals surface area contributed by atoms with Crippen molar-refractivity contribution in [3.8, 4) is 17.6 Å². The molecule has 2 aromatic rings. The number of para-hydroxylation sites is 1. The van der Waals surface area contributed by atoms with Gasteiger partial charge in [-0.1, -0.05) is 12.1 Å². The lowest BCUT2D eigenvalue weighted by molar-refractivity contribution is -0.123. The first-order chi connectivity index (χ1) is 10.7. The van der Waals surface area contributed by atoms with Crippen molar-refractivity contribution < 1.29 is 14.6 Å². The highest BCUT2D eigenvalue weighted by molar-refractivity contribution is 5.83. The number of hydrogen-bond donors (Lipinski definition) is 2. The second-order valence-electron chi connectivity index (χ2n) is 4.28. The number of phenols is 1. The van der Waals surface area contributed by atoms with Crippen LogP contribution in [0.25, 0.3) is 0 Å². The van der Waals surface area contributed by atoms with Gasteiger partial charge < -0.3 is 9.84 Å². The standard InChI is InChI=1S/C16H13N3O3/c17-9-13-3-1-2-4-15(13)22-11-16(21)19-18-10-12-5-7-14(20)8-6-12/h1-8,10,20H,11H2,(H,19,21)/b18-10+. The molecule has 0 saturated carbocycles. The van der Waals surface area contributed by atoms with Crippen LogP contribution in [0.4, 0.5) is 0 Å². The van der Waals surface area contributed by atoms with E-state index < -0.39 is 5.91 Å². The number of aromatic hydroxyl groups is 1. The second kappa shape index (κ2) is 7.45. The van der Waals surface area contributed by atoms with E-state index in [0.29, 0.717) is 11.3 Å². The molecule has 0 radical (unpaired) electrons. The van der Waals surface area contributed by atoms with E-state index in [1.807, 2.05) is 6.07 Å². The molecule has 0 spiro atoms. The lowest BCUT2D eigenvalue weighted by Crippen LogP contribution is -2.24. The first-order valence-electron chi connectivity index (χ1n) is 6.42. The number of ether oxygens (including phenoxy) is 1. The molecule has 2 rings (SSSR count). The molecule has 0 aliphatic carbocycles. The number of nitriles is 1. The molecule has 1 amide bonds. The minimum Gasteiger partial charge on any atom is -0.508 e. The SMILES string of the molecule is N#Cc1ccccc1OCC(=O)N/N=C/c1ccc(O)cc1. The summed E-state index contributed by atoms with van der Waals surface area (Å²) in [5.41, 5.74) is 3.41. The van der Waals surface area contributed by atoms with Crippen LogP contribution < -0.4 is 10.2 Å². The topological polar surface area (TPSA) is 94.7 Å². The summed E-state index contributed by atoms with van der Waals surface area (Å²) < 4.78 is 5.27. The fourth-order valence-corrected chi connectivity index (χ4v) is 1.60. The molecular formula is C16H13N3O3. The number of hydrogen-bond acceptors (Lipinski definition) is 5. The zero-order chi connectivity index (χ0) is 15.8. The third-order valence-electron chi connectivity index (χ3n) is 2.66. The van der Waals surface area contributed by atoms with Crippen molar-refractivity contribution in [2.24, 2.45) is 5.10 Å². The molecule has 2 N–H and O–H groups in total. The average Bonchev–Trinajstić information content (AvgIpc) is 2.55. The Bertz CT molecular complexity index is 718. The van der Waals surface area contributed by atoms with Crippen LogP contribution in [0.15, 0.2) is 53.6 Å². The molecule has 0 aliphatic heterocycles. The zero-order valence-corrected chi connectivity index (χ0v) is 11.6. The fraction of sp³-hybridized carbons (Fsp3) is 0.0625. The van der Waals surface area contributed by atoms with Gasteiger partial charge in [0.15, 0.2) is 6.61 Å². The number of phenolic OH excluding ortho intramolecular Hbond substituents is 1. The molecule has 6 heteroatoms. The third kappa shape index (κ3) is 4.35. The highest BCUT2D eigenvalue weighted by atomic mass is 16.5. The minimum absolute atomic E-state index is 0.158. The molecule has 0 aliphatic rings. The molecule has 0 unspecified atom stereocenters. The number of rotatable bonds is 5. The molecule has 110 valence electrons. The minimum atomic E-state index is -0.442. The van der Waals surface area contributed by atoms with Gasteiger partial charge in [0, 0.05) is 0 Å². The Morgan fingerprint density at radius 2 is 2.00 bits per heavy atom. The molecule has 0 atom stereocenters. The van der Waals surface area contributed by atoms with Crippen LogP contribution in [-0.2, 0) is 4.79 Å². The van der Waals surface area contributed by atoms with E-state index in [-0.39, 0.29) is 12.4 Å². The Balaban J connectivity index is 1.83. The van der Waals surface area contributed by atoms with E-state index in [1.165, 1.54) is 18.3 Å². The van der Waals surface area contributed by atoms with Crippen molar-refractivity contribution in [3.63, 3.8) is 0 Å². The maximum absolute atomic E-state index is 11.6. The van der Waals surface area contributed by atoms with Crippen molar-refractivity contribution >= 4 is 12.1 Å². The van der Waals surface area contributed by atoms with E-state index >= 15 is 0 Å². The smallest absolute Gasteiger partial charge is 0.277 e. The molecule has 0 aromatic heterocycles. The zero-order valence-electron chi connectivity index (χ0n) is 11.6. The fourth-order valence-electron chi connectivity index (χ4n) is 1.60. The first kappa shape index (κ1) is 15.1. The molecule has 22 heavy (non-hydrogen) atoms. The molecule has 2 aromatic carbocycles. The van der Waals surface area contributed by atoms with E-state index in [1.54, 1.807) is 36.4 Å². The van der Waals surface area contributed by atoms with Crippen molar-refractivity contribution in [2.75, 3.05) is 6.61 Å². The molecular weight excluding hydrogens is 282 g/mol. The summed E-state index contributed by atoms with van der Waals surface area (Å²) in [5, 5.41) is 21.8. The Kier molecular flexibility index (Phi) is 5.10. The van der Waals surface area contributed by atoms with Gasteiger partial charge in [-0.2, -0.15) is 10.4 Å². The van der Waals surface area contributed by atoms with Crippen LogP contribution >= 0.6 is 0 Å². The van der Waals surface area contributed by atoms with Gasteiger partial charge in [-0.15, -0.1) is 0 Å². The number of benzene rings is 2. The number of carbonyl (C=O) groups is 1. The first-order valence-corrected chi connectivity index (χ1v) is 6.42. The average molecular weight is 295 g/mol. The Labute approximate surface area is 127 Å². The summed E-state index contributed by atoms with van der Waals surface area (Å²) in [6.45, 7) is -0.244. The Morgan fingerprint density at radius 1 is 1.27 bits per heavy atom. The van der Waals surface area contributed by atoms with Gasteiger partial charge >= 0.3 is 0 Å². The lowest BCUT2D eigenvalue weighted by atomic mass is 10.2. The number of amides is 1. The molecule has 6 nitrogen and oxygen atoms in total. The highest BCUT2D eigenvalue weighted by Crippen LogP contribution is 2.16. The van der Waals surface area contributed by atoms with Crippen LogP contribution in [-0.4, -0.2) is 23.8 Å². The van der Waals surface area contributed by atoms with Gasteiger partial charge in [-0.05, 0) is 42.0 Å². The van der Waals surface area contributed by atoms with Crippen molar-refractivity contribution in [1.82, 2.24) is 5.43 Å². The van der Waals surface area contributed by atoms with Crippen LogP contribution in [0.1, 0.15) is 11.1 Å². The summed E-state index contributed by atoms with van der Waals surface area (Å²) >= 11 is 0. The molecule has 0 saturated heterocycles. The summed E-state index contributed by atoms with van der Waals surface area (Å²) in [4.78, 5) is 11.6. The number of hydrazone groups is 1. The largest absolute Gasteiger partial charge is 0.508 e. The summed E-state index contributed by atoms with van der Waals surface area (Å²) in [6.07, 6.45) is 1.45. The predicted molar refractivity (Wildman–Crippen MR) is 80.5 cm³/mol. The van der Waals surface area contributed by atoms with Gasteiger partial charge in [-0.3, -0.25) is 4.79 Å². The molecule has 0 bridgehead atoms. The van der Waals surface area contributed by atoms with Crippen molar-refractivity contribution in [1.29, 1.82) is 5.26 Å². The van der Waals surface area contributed by atoms with Gasteiger partial charge in [0.2, 0.25) is 0 Å². The summed E-state index contributed by atoms with van der Waals surface area (Å²) in [7, 11) is 0. The van der Waals surface area contributed by atoms with Crippen LogP contribution in [0, 0.1) is 11.3 Å². The lowest BCUT2D eigenvalue weighted by Gasteiger charge is -2.06. The Hall–Kier alpha value is -3.33. The third-order valence-corrected chi connectivity index (χ3v) is 2.66. The van der Waals surface area contributed by atoms with Gasteiger partial charge in [0.25, 0.3) is 5.91 Å². The number of nitrogens with one attached hydrogen (secondary N) is 1. The van der Waals surface area contributed by atoms with Crippen LogP contribution in [0.3, 0.4) is 0 Å². The van der Waals surface area contributed by atoms with E-state index in [9.17, 15) is 4.79 Å². The van der Waals surface area contributed by atoms with Crippen LogP contribution in [0.5, 0.6) is 11.5 Å². The van der Waals surface area contributed by atoms with E-state index in [4.69, 9.17) is 15.1 Å². The van der Waals surface area contributed by atoms with Crippen LogP contribution in [0.2, 0.25) is 0 Å².